The van der Waals surface area contributed by atoms with Crippen molar-refractivity contribution in [1.82, 2.24) is 10.2 Å². The van der Waals surface area contributed by atoms with Crippen molar-refractivity contribution in [3.8, 4) is 0 Å². The van der Waals surface area contributed by atoms with Gasteiger partial charge in [0.15, 0.2) is 0 Å². The highest BCUT2D eigenvalue weighted by atomic mass is 32.2. The summed E-state index contributed by atoms with van der Waals surface area (Å²) in [6.07, 6.45) is 6.14. The second-order valence-electron chi connectivity index (χ2n) is 8.25. The maximum Gasteiger partial charge on any atom is 0.253 e. The normalized spacial score (nSPS) is 29.8. The van der Waals surface area contributed by atoms with Gasteiger partial charge in [0.25, 0.3) is 5.91 Å². The second kappa shape index (κ2) is 8.19. The lowest BCUT2D eigenvalue weighted by Gasteiger charge is -2.30. The molecule has 160 valence electrons. The van der Waals surface area contributed by atoms with Crippen LogP contribution in [-0.4, -0.2) is 53.8 Å². The maximum atomic E-state index is 13.8. The molecule has 1 N–H and O–H groups in total. The Morgan fingerprint density at radius 3 is 2.67 bits per heavy atom. The number of hydrogen-bond donors (Lipinski definition) is 1. The lowest BCUT2D eigenvalue weighted by molar-refractivity contribution is -0.143. The number of likely N-dealkylation sites (tertiary alicyclic amines) is 1. The van der Waals surface area contributed by atoms with Gasteiger partial charge in [-0.25, -0.2) is 0 Å². The molecule has 0 radical (unpaired) electrons. The Hall–Kier alpha value is -2.12. The third-order valence-electron chi connectivity index (χ3n) is 6.64. The summed E-state index contributed by atoms with van der Waals surface area (Å²) in [5, 5.41) is 3.53. The van der Waals surface area contributed by atoms with Gasteiger partial charge in [0.1, 0.15) is 5.54 Å². The molecule has 4 atom stereocenters. The molecule has 1 spiro atoms. The highest BCUT2D eigenvalue weighted by Gasteiger charge is 2.71. The van der Waals surface area contributed by atoms with Gasteiger partial charge in [-0.1, -0.05) is 37.6 Å². The molecule has 0 aromatic heterocycles. The van der Waals surface area contributed by atoms with E-state index in [-0.39, 0.29) is 23.8 Å². The summed E-state index contributed by atoms with van der Waals surface area (Å²) in [7, 11) is 0. The third kappa shape index (κ3) is 2.86. The van der Waals surface area contributed by atoms with Crippen molar-refractivity contribution >= 4 is 35.2 Å². The number of rotatable bonds is 8. The Kier molecular flexibility index (Phi) is 5.77. The van der Waals surface area contributed by atoms with Crippen molar-refractivity contribution in [3.05, 3.63) is 42.5 Å². The van der Waals surface area contributed by atoms with E-state index in [0.717, 1.165) is 36.3 Å². The van der Waals surface area contributed by atoms with Crippen molar-refractivity contribution in [3.63, 3.8) is 0 Å². The van der Waals surface area contributed by atoms with Gasteiger partial charge >= 0.3 is 0 Å². The quantitative estimate of drug-likeness (QED) is 0.510. The molecule has 2 fully saturated rings. The second-order valence-corrected chi connectivity index (χ2v) is 9.23. The Bertz CT molecular complexity index is 888. The molecule has 3 amide bonds. The molecule has 3 aliphatic heterocycles. The van der Waals surface area contributed by atoms with Gasteiger partial charge in [-0.05, 0) is 30.9 Å². The molecular weight excluding hydrogens is 398 g/mol. The molecular formula is C23H29N3O3S. The Labute approximate surface area is 182 Å². The number of anilines is 1. The number of benzene rings is 1. The van der Waals surface area contributed by atoms with Gasteiger partial charge in [-0.3, -0.25) is 24.6 Å². The lowest BCUT2D eigenvalue weighted by atomic mass is 9.76. The fraction of sp³-hybridized carbons (Fsp3) is 0.522. The van der Waals surface area contributed by atoms with Crippen LogP contribution in [0.4, 0.5) is 5.69 Å². The van der Waals surface area contributed by atoms with Crippen LogP contribution in [0, 0.1) is 11.8 Å². The topological polar surface area (TPSA) is 69.7 Å². The van der Waals surface area contributed by atoms with E-state index in [1.807, 2.05) is 37.4 Å². The van der Waals surface area contributed by atoms with Gasteiger partial charge in [-0.2, -0.15) is 11.8 Å². The van der Waals surface area contributed by atoms with E-state index in [1.165, 1.54) is 4.90 Å². The number of fused-ring (bicyclic) bond motifs is 4. The highest BCUT2D eigenvalue weighted by Crippen LogP contribution is 2.55. The van der Waals surface area contributed by atoms with Gasteiger partial charge < -0.3 is 4.90 Å². The Morgan fingerprint density at radius 1 is 1.20 bits per heavy atom. The number of unbranched alkanes of at least 4 members (excludes halogenated alkanes) is 1. The average molecular weight is 428 g/mol. The average Bonchev–Trinajstić information content (AvgIpc) is 3.31. The number of nitrogens with one attached hydrogen (secondary N) is 1. The monoisotopic (exact) mass is 427 g/mol. The molecule has 2 saturated heterocycles. The summed E-state index contributed by atoms with van der Waals surface area (Å²) in [4.78, 5) is 43.9. The fourth-order valence-corrected chi connectivity index (χ4v) is 5.84. The van der Waals surface area contributed by atoms with E-state index in [2.05, 4.69) is 11.9 Å². The minimum Gasteiger partial charge on any atom is -0.306 e. The number of imide groups is 1. The van der Waals surface area contributed by atoms with E-state index >= 15 is 0 Å². The number of carbonyl (C=O) groups excluding carboxylic acids is 3. The SMILES string of the molecule is C=CCN1C(=O)[C@@]2(N[C@H](CCSC)[C@@H]3C(=O)N(CCCC)C(=O)[C@H]32)c2ccccc21. The van der Waals surface area contributed by atoms with Gasteiger partial charge in [0.05, 0.1) is 11.8 Å². The molecule has 30 heavy (non-hydrogen) atoms. The largest absolute Gasteiger partial charge is 0.306 e. The summed E-state index contributed by atoms with van der Waals surface area (Å²) in [6.45, 7) is 6.63. The number of amides is 3. The molecule has 0 bridgehead atoms. The van der Waals surface area contributed by atoms with E-state index in [1.54, 1.807) is 22.7 Å². The first-order valence-electron chi connectivity index (χ1n) is 10.7. The number of carbonyl (C=O) groups is 3. The number of para-hydroxylation sites is 1. The minimum atomic E-state index is -1.18. The molecule has 3 aliphatic rings. The first kappa shape index (κ1) is 21.1. The van der Waals surface area contributed by atoms with Gasteiger partial charge in [0.2, 0.25) is 11.8 Å². The van der Waals surface area contributed by atoms with Gasteiger partial charge in [0, 0.05) is 30.4 Å². The van der Waals surface area contributed by atoms with E-state index in [4.69, 9.17) is 0 Å². The van der Waals surface area contributed by atoms with Crippen LogP contribution in [0.3, 0.4) is 0 Å². The predicted octanol–water partition coefficient (Wildman–Crippen LogP) is 2.54. The van der Waals surface area contributed by atoms with Gasteiger partial charge in [-0.15, -0.1) is 6.58 Å². The summed E-state index contributed by atoms with van der Waals surface area (Å²) in [6, 6.07) is 7.42. The standard InChI is InChI=1S/C23H29N3O3S/c1-4-6-13-26-20(27)18-16(11-14-30-3)24-23(19(18)21(26)28)15-9-7-8-10-17(15)25(12-5-2)22(23)29/h5,7-10,16,18-19,24H,2,4,6,11-14H2,1,3H3/t16-,18+,19+,23-/m1/s1. The first-order chi connectivity index (χ1) is 14.5. The summed E-state index contributed by atoms with van der Waals surface area (Å²) in [5.41, 5.74) is 0.421. The maximum absolute atomic E-state index is 13.8. The molecule has 0 aliphatic carbocycles. The van der Waals surface area contributed by atoms with E-state index in [0.29, 0.717) is 13.1 Å². The number of hydrogen-bond acceptors (Lipinski definition) is 5. The summed E-state index contributed by atoms with van der Waals surface area (Å²) < 4.78 is 0. The first-order valence-corrected chi connectivity index (χ1v) is 12.1. The van der Waals surface area contributed by atoms with Crippen molar-refractivity contribution in [2.24, 2.45) is 11.8 Å². The van der Waals surface area contributed by atoms with Crippen LogP contribution in [0.5, 0.6) is 0 Å². The van der Waals surface area contributed by atoms with Crippen molar-refractivity contribution < 1.29 is 14.4 Å². The highest BCUT2D eigenvalue weighted by molar-refractivity contribution is 7.98. The van der Waals surface area contributed by atoms with Crippen LogP contribution < -0.4 is 10.2 Å². The van der Waals surface area contributed by atoms with Crippen LogP contribution in [0.2, 0.25) is 0 Å². The fourth-order valence-electron chi connectivity index (χ4n) is 5.35. The van der Waals surface area contributed by atoms with Crippen LogP contribution in [-0.2, 0) is 19.9 Å². The van der Waals surface area contributed by atoms with Crippen LogP contribution in [0.25, 0.3) is 0 Å². The molecule has 7 heteroatoms. The summed E-state index contributed by atoms with van der Waals surface area (Å²) in [5.74, 6) is -0.815. The summed E-state index contributed by atoms with van der Waals surface area (Å²) >= 11 is 1.71. The minimum absolute atomic E-state index is 0.124. The van der Waals surface area contributed by atoms with Crippen molar-refractivity contribution in [2.45, 2.75) is 37.8 Å². The third-order valence-corrected chi connectivity index (χ3v) is 7.28. The van der Waals surface area contributed by atoms with E-state index in [9.17, 15) is 14.4 Å². The predicted molar refractivity (Wildman–Crippen MR) is 119 cm³/mol. The molecule has 0 saturated carbocycles. The zero-order valence-corrected chi connectivity index (χ0v) is 18.4. The van der Waals surface area contributed by atoms with Crippen molar-refractivity contribution in [2.75, 3.05) is 30.0 Å². The van der Waals surface area contributed by atoms with E-state index < -0.39 is 17.4 Å². The molecule has 1 aromatic carbocycles. The van der Waals surface area contributed by atoms with Crippen LogP contribution in [0.15, 0.2) is 36.9 Å². The Balaban J connectivity index is 1.83. The Morgan fingerprint density at radius 2 is 1.97 bits per heavy atom. The molecule has 4 rings (SSSR count). The zero-order valence-electron chi connectivity index (χ0n) is 17.6. The van der Waals surface area contributed by atoms with Crippen LogP contribution in [0.1, 0.15) is 31.7 Å². The smallest absolute Gasteiger partial charge is 0.253 e. The molecule has 3 heterocycles. The number of nitrogens with zero attached hydrogens (tertiary/aromatic N) is 2. The zero-order chi connectivity index (χ0) is 21.5. The van der Waals surface area contributed by atoms with Crippen LogP contribution >= 0.6 is 11.8 Å². The molecule has 0 unspecified atom stereocenters. The molecule has 1 aromatic rings. The lowest BCUT2D eigenvalue weighted by Crippen LogP contribution is -2.55. The number of thioether (sulfide) groups is 1. The molecule has 6 nitrogen and oxygen atoms in total. The van der Waals surface area contributed by atoms with Crippen molar-refractivity contribution in [1.29, 1.82) is 0 Å².